The highest BCUT2D eigenvalue weighted by Crippen LogP contribution is 2.16. The van der Waals surface area contributed by atoms with Crippen LogP contribution in [0.5, 0.6) is 5.75 Å². The van der Waals surface area contributed by atoms with Crippen molar-refractivity contribution < 1.29 is 13.9 Å². The van der Waals surface area contributed by atoms with E-state index in [2.05, 4.69) is 0 Å². The lowest BCUT2D eigenvalue weighted by molar-refractivity contribution is -0.139. The summed E-state index contributed by atoms with van der Waals surface area (Å²) in [6.45, 7) is 2.70. The molecule has 0 radical (unpaired) electrons. The van der Waals surface area contributed by atoms with Crippen molar-refractivity contribution in [3.05, 3.63) is 102 Å². The van der Waals surface area contributed by atoms with Crippen molar-refractivity contribution in [1.82, 2.24) is 4.90 Å². The predicted molar refractivity (Wildman–Crippen MR) is 104 cm³/mol. The van der Waals surface area contributed by atoms with Gasteiger partial charge in [0.25, 0.3) is 5.91 Å². The Morgan fingerprint density at radius 3 is 1.81 bits per heavy atom. The topological polar surface area (TPSA) is 29.5 Å². The van der Waals surface area contributed by atoms with Crippen LogP contribution in [-0.2, 0) is 17.9 Å². The van der Waals surface area contributed by atoms with Gasteiger partial charge in [-0.1, -0.05) is 60.7 Å². The summed E-state index contributed by atoms with van der Waals surface area (Å²) < 4.78 is 18.8. The van der Waals surface area contributed by atoms with Gasteiger partial charge in [-0.05, 0) is 42.3 Å². The van der Waals surface area contributed by atoms with Gasteiger partial charge in [-0.2, -0.15) is 0 Å². The van der Waals surface area contributed by atoms with Crippen molar-refractivity contribution in [2.24, 2.45) is 0 Å². The van der Waals surface area contributed by atoms with Crippen LogP contribution < -0.4 is 4.74 Å². The molecule has 0 heterocycles. The van der Waals surface area contributed by atoms with E-state index >= 15 is 0 Å². The largest absolute Gasteiger partial charge is 0.481 e. The van der Waals surface area contributed by atoms with Gasteiger partial charge in [0.05, 0.1) is 0 Å². The number of hydrogen-bond donors (Lipinski definition) is 0. The smallest absolute Gasteiger partial charge is 0.263 e. The maximum atomic E-state index is 13.1. The van der Waals surface area contributed by atoms with Crippen LogP contribution in [0.2, 0.25) is 0 Å². The number of carbonyl (C=O) groups excluding carboxylic acids is 1. The third-order valence-electron chi connectivity index (χ3n) is 4.22. The van der Waals surface area contributed by atoms with E-state index in [1.807, 2.05) is 60.7 Å². The Morgan fingerprint density at radius 1 is 0.852 bits per heavy atom. The second-order valence-electron chi connectivity index (χ2n) is 6.38. The summed E-state index contributed by atoms with van der Waals surface area (Å²) in [4.78, 5) is 14.8. The third-order valence-corrected chi connectivity index (χ3v) is 4.22. The number of amides is 1. The van der Waals surface area contributed by atoms with E-state index < -0.39 is 6.10 Å². The fraction of sp³-hybridized carbons (Fsp3) is 0.174. The molecule has 3 rings (SSSR count). The van der Waals surface area contributed by atoms with E-state index in [4.69, 9.17) is 4.74 Å². The Morgan fingerprint density at radius 2 is 1.33 bits per heavy atom. The molecule has 0 unspecified atom stereocenters. The van der Waals surface area contributed by atoms with Crippen molar-refractivity contribution in [1.29, 1.82) is 0 Å². The minimum Gasteiger partial charge on any atom is -0.481 e. The number of rotatable bonds is 7. The second kappa shape index (κ2) is 8.99. The van der Waals surface area contributed by atoms with Crippen LogP contribution in [0.25, 0.3) is 0 Å². The molecule has 0 aliphatic rings. The minimum absolute atomic E-state index is 0.118. The molecule has 0 saturated heterocycles. The summed E-state index contributed by atoms with van der Waals surface area (Å²) in [7, 11) is 0. The summed E-state index contributed by atoms with van der Waals surface area (Å²) in [5.74, 6) is 0.0137. The number of hydrogen-bond acceptors (Lipinski definition) is 2. The summed E-state index contributed by atoms with van der Waals surface area (Å²) in [5, 5.41) is 0. The first-order valence-electron chi connectivity index (χ1n) is 8.90. The van der Waals surface area contributed by atoms with Crippen molar-refractivity contribution >= 4 is 5.91 Å². The van der Waals surface area contributed by atoms with E-state index in [1.165, 1.54) is 24.3 Å². The lowest BCUT2D eigenvalue weighted by atomic mass is 10.1. The van der Waals surface area contributed by atoms with Gasteiger partial charge >= 0.3 is 0 Å². The Labute approximate surface area is 159 Å². The highest BCUT2D eigenvalue weighted by molar-refractivity contribution is 5.81. The van der Waals surface area contributed by atoms with Crippen LogP contribution in [0.4, 0.5) is 4.39 Å². The lowest BCUT2D eigenvalue weighted by Gasteiger charge is -2.26. The molecule has 0 aromatic heterocycles. The number of halogens is 1. The zero-order valence-corrected chi connectivity index (χ0v) is 15.2. The van der Waals surface area contributed by atoms with Gasteiger partial charge in [0.1, 0.15) is 11.6 Å². The van der Waals surface area contributed by atoms with Crippen LogP contribution in [0, 0.1) is 5.82 Å². The predicted octanol–water partition coefficient (Wildman–Crippen LogP) is 4.82. The van der Waals surface area contributed by atoms with Gasteiger partial charge in [-0.25, -0.2) is 4.39 Å². The number of nitrogens with zero attached hydrogens (tertiary/aromatic N) is 1. The monoisotopic (exact) mass is 363 g/mol. The van der Waals surface area contributed by atoms with Crippen LogP contribution in [0.15, 0.2) is 84.9 Å². The molecule has 1 atom stereocenters. The molecule has 3 nitrogen and oxygen atoms in total. The minimum atomic E-state index is -0.678. The van der Waals surface area contributed by atoms with Gasteiger partial charge < -0.3 is 9.64 Å². The molecule has 27 heavy (non-hydrogen) atoms. The second-order valence-corrected chi connectivity index (χ2v) is 6.38. The molecule has 0 bridgehead atoms. The highest BCUT2D eigenvalue weighted by atomic mass is 19.1. The standard InChI is InChI=1S/C23H22FNO2/c1-18(27-22-14-12-21(24)13-15-22)23(26)25(16-19-8-4-2-5-9-19)17-20-10-6-3-7-11-20/h2-15,18H,16-17H2,1H3/t18-/m0/s1. The van der Waals surface area contributed by atoms with Gasteiger partial charge in [-0.15, -0.1) is 0 Å². The van der Waals surface area contributed by atoms with Crippen LogP contribution in [-0.4, -0.2) is 16.9 Å². The average Bonchev–Trinajstić information content (AvgIpc) is 2.70. The molecule has 0 aliphatic carbocycles. The van der Waals surface area contributed by atoms with Crippen molar-refractivity contribution in [2.45, 2.75) is 26.1 Å². The maximum Gasteiger partial charge on any atom is 0.263 e. The van der Waals surface area contributed by atoms with E-state index in [0.717, 1.165) is 11.1 Å². The van der Waals surface area contributed by atoms with Gasteiger partial charge in [0, 0.05) is 13.1 Å². The highest BCUT2D eigenvalue weighted by Gasteiger charge is 2.22. The summed E-state index contributed by atoms with van der Waals surface area (Å²) in [6, 6.07) is 25.4. The molecule has 0 fully saturated rings. The average molecular weight is 363 g/mol. The Bertz CT molecular complexity index is 809. The molecule has 0 aliphatic heterocycles. The molecule has 0 spiro atoms. The molecular weight excluding hydrogens is 341 g/mol. The summed E-state index contributed by atoms with van der Waals surface area (Å²) in [5.41, 5.74) is 2.10. The van der Waals surface area contributed by atoms with E-state index in [-0.39, 0.29) is 11.7 Å². The van der Waals surface area contributed by atoms with Gasteiger partial charge in [0.2, 0.25) is 0 Å². The van der Waals surface area contributed by atoms with Crippen LogP contribution in [0.1, 0.15) is 18.1 Å². The zero-order chi connectivity index (χ0) is 19.1. The first-order valence-corrected chi connectivity index (χ1v) is 8.90. The maximum absolute atomic E-state index is 13.1. The molecule has 0 saturated carbocycles. The fourth-order valence-corrected chi connectivity index (χ4v) is 2.84. The van der Waals surface area contributed by atoms with Crippen LogP contribution >= 0.6 is 0 Å². The summed E-state index contributed by atoms with van der Waals surface area (Å²) in [6.07, 6.45) is -0.678. The molecular formula is C23H22FNO2. The number of benzene rings is 3. The fourth-order valence-electron chi connectivity index (χ4n) is 2.84. The lowest BCUT2D eigenvalue weighted by Crippen LogP contribution is -2.39. The SMILES string of the molecule is C[C@H](Oc1ccc(F)cc1)C(=O)N(Cc1ccccc1)Cc1ccccc1. The van der Waals surface area contributed by atoms with E-state index in [9.17, 15) is 9.18 Å². The van der Waals surface area contributed by atoms with Crippen molar-refractivity contribution in [2.75, 3.05) is 0 Å². The molecule has 0 N–H and O–H groups in total. The third kappa shape index (κ3) is 5.42. The molecule has 1 amide bonds. The number of carbonyl (C=O) groups is 1. The van der Waals surface area contributed by atoms with Crippen molar-refractivity contribution in [3.8, 4) is 5.75 Å². The van der Waals surface area contributed by atoms with Gasteiger partial charge in [-0.3, -0.25) is 4.79 Å². The quantitative estimate of drug-likeness (QED) is 0.602. The van der Waals surface area contributed by atoms with Crippen molar-refractivity contribution in [3.63, 3.8) is 0 Å². The molecule has 3 aromatic rings. The number of ether oxygens (including phenoxy) is 1. The Hall–Kier alpha value is -3.14. The van der Waals surface area contributed by atoms with E-state index in [0.29, 0.717) is 18.8 Å². The molecule has 3 aromatic carbocycles. The summed E-state index contributed by atoms with van der Waals surface area (Å²) >= 11 is 0. The molecule has 4 heteroatoms. The first-order chi connectivity index (χ1) is 13.1. The Balaban J connectivity index is 1.75. The van der Waals surface area contributed by atoms with E-state index in [1.54, 1.807) is 11.8 Å². The zero-order valence-electron chi connectivity index (χ0n) is 15.2. The van der Waals surface area contributed by atoms with Crippen LogP contribution in [0.3, 0.4) is 0 Å². The molecule has 138 valence electrons. The normalized spacial score (nSPS) is 11.6. The van der Waals surface area contributed by atoms with Gasteiger partial charge in [0.15, 0.2) is 6.10 Å². The Kier molecular flexibility index (Phi) is 6.21. The first kappa shape index (κ1) is 18.6.